The SMILES string of the molecule is CNCC(Cc1ccco1)C1CCS(=O)(=O)C1. The minimum atomic E-state index is -2.80. The normalized spacial score (nSPS) is 24.9. The van der Waals surface area contributed by atoms with Crippen molar-refractivity contribution in [3.05, 3.63) is 24.2 Å². The molecular weight excluding hydrogens is 238 g/mol. The maximum absolute atomic E-state index is 11.5. The standard InChI is InChI=1S/C12H19NO3S/c1-13-8-11(7-12-3-2-5-16-12)10-4-6-17(14,15)9-10/h2-3,5,10-11,13H,4,6-9H2,1H3. The van der Waals surface area contributed by atoms with Gasteiger partial charge in [0.05, 0.1) is 17.8 Å². The van der Waals surface area contributed by atoms with Crippen LogP contribution in [0.2, 0.25) is 0 Å². The van der Waals surface area contributed by atoms with Crippen molar-refractivity contribution >= 4 is 9.84 Å². The van der Waals surface area contributed by atoms with Crippen LogP contribution in [0.1, 0.15) is 12.2 Å². The van der Waals surface area contributed by atoms with Gasteiger partial charge in [0.15, 0.2) is 9.84 Å². The fourth-order valence-electron chi connectivity index (χ4n) is 2.55. The fraction of sp³-hybridized carbons (Fsp3) is 0.667. The molecule has 5 heteroatoms. The van der Waals surface area contributed by atoms with E-state index in [-0.39, 0.29) is 5.92 Å². The molecule has 1 aromatic heterocycles. The average Bonchev–Trinajstić information content (AvgIpc) is 2.87. The molecule has 0 saturated carbocycles. The highest BCUT2D eigenvalue weighted by atomic mass is 32.2. The van der Waals surface area contributed by atoms with Crippen molar-refractivity contribution in [3.8, 4) is 0 Å². The molecule has 1 aromatic rings. The van der Waals surface area contributed by atoms with Crippen molar-refractivity contribution in [2.24, 2.45) is 11.8 Å². The molecule has 1 fully saturated rings. The molecular formula is C12H19NO3S. The van der Waals surface area contributed by atoms with Crippen molar-refractivity contribution in [1.29, 1.82) is 0 Å². The van der Waals surface area contributed by atoms with E-state index in [1.807, 2.05) is 19.2 Å². The number of rotatable bonds is 5. The minimum absolute atomic E-state index is 0.262. The monoisotopic (exact) mass is 257 g/mol. The van der Waals surface area contributed by atoms with Gasteiger partial charge >= 0.3 is 0 Å². The van der Waals surface area contributed by atoms with Crippen LogP contribution in [-0.2, 0) is 16.3 Å². The van der Waals surface area contributed by atoms with E-state index < -0.39 is 9.84 Å². The molecule has 1 aliphatic heterocycles. The van der Waals surface area contributed by atoms with Crippen LogP contribution in [0.3, 0.4) is 0 Å². The smallest absolute Gasteiger partial charge is 0.150 e. The van der Waals surface area contributed by atoms with Gasteiger partial charge in [0.2, 0.25) is 0 Å². The summed E-state index contributed by atoms with van der Waals surface area (Å²) >= 11 is 0. The molecule has 1 N–H and O–H groups in total. The predicted octanol–water partition coefficient (Wildman–Crippen LogP) is 1.09. The number of nitrogens with one attached hydrogen (secondary N) is 1. The molecule has 0 aliphatic carbocycles. The molecule has 96 valence electrons. The summed E-state index contributed by atoms with van der Waals surface area (Å²) in [6, 6.07) is 3.82. The molecule has 0 aromatic carbocycles. The number of sulfone groups is 1. The third-order valence-corrected chi connectivity index (χ3v) is 5.24. The lowest BCUT2D eigenvalue weighted by atomic mass is 9.88. The van der Waals surface area contributed by atoms with Crippen molar-refractivity contribution in [2.45, 2.75) is 12.8 Å². The summed E-state index contributed by atoms with van der Waals surface area (Å²) in [4.78, 5) is 0. The van der Waals surface area contributed by atoms with Gasteiger partial charge < -0.3 is 9.73 Å². The Kier molecular flexibility index (Phi) is 3.89. The molecule has 2 rings (SSSR count). The Bertz CT molecular complexity index is 438. The first-order chi connectivity index (χ1) is 8.11. The topological polar surface area (TPSA) is 59.3 Å². The first kappa shape index (κ1) is 12.6. The third-order valence-electron chi connectivity index (χ3n) is 3.44. The summed E-state index contributed by atoms with van der Waals surface area (Å²) in [5.41, 5.74) is 0. The summed E-state index contributed by atoms with van der Waals surface area (Å²) in [5.74, 6) is 2.21. The molecule has 2 heterocycles. The van der Waals surface area contributed by atoms with Gasteiger partial charge in [0.1, 0.15) is 5.76 Å². The van der Waals surface area contributed by atoms with E-state index in [0.717, 1.165) is 25.1 Å². The maximum Gasteiger partial charge on any atom is 0.150 e. The largest absolute Gasteiger partial charge is 0.469 e. The quantitative estimate of drug-likeness (QED) is 0.858. The van der Waals surface area contributed by atoms with Crippen LogP contribution in [0.15, 0.2) is 22.8 Å². The van der Waals surface area contributed by atoms with Gasteiger partial charge in [-0.3, -0.25) is 0 Å². The molecule has 0 bridgehead atoms. The Morgan fingerprint density at radius 1 is 1.59 bits per heavy atom. The van der Waals surface area contributed by atoms with Crippen LogP contribution in [0.25, 0.3) is 0 Å². The average molecular weight is 257 g/mol. The maximum atomic E-state index is 11.5. The van der Waals surface area contributed by atoms with E-state index in [2.05, 4.69) is 5.32 Å². The Hall–Kier alpha value is -0.810. The van der Waals surface area contributed by atoms with E-state index in [0.29, 0.717) is 17.4 Å². The predicted molar refractivity (Wildman–Crippen MR) is 66.6 cm³/mol. The zero-order chi connectivity index (χ0) is 12.3. The van der Waals surface area contributed by atoms with Crippen LogP contribution in [0, 0.1) is 11.8 Å². The second-order valence-electron chi connectivity index (χ2n) is 4.76. The number of hydrogen-bond acceptors (Lipinski definition) is 4. The first-order valence-electron chi connectivity index (χ1n) is 5.98. The highest BCUT2D eigenvalue weighted by molar-refractivity contribution is 7.91. The van der Waals surface area contributed by atoms with Crippen molar-refractivity contribution < 1.29 is 12.8 Å². The van der Waals surface area contributed by atoms with Crippen LogP contribution < -0.4 is 5.32 Å². The van der Waals surface area contributed by atoms with Crippen LogP contribution in [0.4, 0.5) is 0 Å². The van der Waals surface area contributed by atoms with Gasteiger partial charge in [0.25, 0.3) is 0 Å². The van der Waals surface area contributed by atoms with Crippen molar-refractivity contribution in [2.75, 3.05) is 25.1 Å². The highest BCUT2D eigenvalue weighted by Crippen LogP contribution is 2.28. The minimum Gasteiger partial charge on any atom is -0.469 e. The molecule has 0 spiro atoms. The van der Waals surface area contributed by atoms with Crippen LogP contribution in [-0.4, -0.2) is 33.5 Å². The molecule has 1 aliphatic rings. The summed E-state index contributed by atoms with van der Waals surface area (Å²) in [6.07, 6.45) is 3.26. The highest BCUT2D eigenvalue weighted by Gasteiger charge is 2.33. The lowest BCUT2D eigenvalue weighted by Crippen LogP contribution is -2.28. The van der Waals surface area contributed by atoms with E-state index in [9.17, 15) is 8.42 Å². The molecule has 0 radical (unpaired) electrons. The van der Waals surface area contributed by atoms with Gasteiger partial charge in [-0.2, -0.15) is 0 Å². The molecule has 17 heavy (non-hydrogen) atoms. The second kappa shape index (κ2) is 5.23. The molecule has 1 saturated heterocycles. The van der Waals surface area contributed by atoms with E-state index in [1.54, 1.807) is 6.26 Å². The van der Waals surface area contributed by atoms with Gasteiger partial charge in [-0.15, -0.1) is 0 Å². The third kappa shape index (κ3) is 3.33. The van der Waals surface area contributed by atoms with Gasteiger partial charge in [-0.1, -0.05) is 0 Å². The van der Waals surface area contributed by atoms with Crippen LogP contribution >= 0.6 is 0 Å². The van der Waals surface area contributed by atoms with E-state index in [1.165, 1.54) is 0 Å². The summed E-state index contributed by atoms with van der Waals surface area (Å²) in [5, 5.41) is 3.15. The molecule has 2 atom stereocenters. The Morgan fingerprint density at radius 2 is 2.41 bits per heavy atom. The van der Waals surface area contributed by atoms with Crippen LogP contribution in [0.5, 0.6) is 0 Å². The summed E-state index contributed by atoms with van der Waals surface area (Å²) in [7, 11) is -0.895. The second-order valence-corrected chi connectivity index (χ2v) is 6.99. The lowest BCUT2D eigenvalue weighted by Gasteiger charge is -2.21. The Labute approximate surface area is 102 Å². The zero-order valence-corrected chi connectivity index (χ0v) is 10.9. The Balaban J connectivity index is 2.02. The Morgan fingerprint density at radius 3 is 2.94 bits per heavy atom. The number of furan rings is 1. The van der Waals surface area contributed by atoms with Gasteiger partial charge in [-0.05, 0) is 44.0 Å². The van der Waals surface area contributed by atoms with Crippen molar-refractivity contribution in [3.63, 3.8) is 0 Å². The van der Waals surface area contributed by atoms with E-state index in [4.69, 9.17) is 4.42 Å². The first-order valence-corrected chi connectivity index (χ1v) is 7.80. The lowest BCUT2D eigenvalue weighted by molar-refractivity contribution is 0.328. The van der Waals surface area contributed by atoms with E-state index >= 15 is 0 Å². The van der Waals surface area contributed by atoms with Crippen molar-refractivity contribution in [1.82, 2.24) is 5.32 Å². The van der Waals surface area contributed by atoms with Gasteiger partial charge in [-0.25, -0.2) is 8.42 Å². The number of hydrogen-bond donors (Lipinski definition) is 1. The molecule has 0 amide bonds. The fourth-order valence-corrected chi connectivity index (χ4v) is 4.47. The zero-order valence-electron chi connectivity index (χ0n) is 10.1. The summed E-state index contributed by atoms with van der Waals surface area (Å²) < 4.78 is 28.4. The molecule has 2 unspecified atom stereocenters. The molecule has 4 nitrogen and oxygen atoms in total. The van der Waals surface area contributed by atoms with Gasteiger partial charge in [0, 0.05) is 6.42 Å². The summed E-state index contributed by atoms with van der Waals surface area (Å²) in [6.45, 7) is 0.834.